The van der Waals surface area contributed by atoms with Crippen LogP contribution >= 0.6 is 0 Å². The van der Waals surface area contributed by atoms with Gasteiger partial charge in [0.15, 0.2) is 0 Å². The zero-order chi connectivity index (χ0) is 13.1. The Labute approximate surface area is 102 Å². The molecule has 1 fully saturated rings. The molecule has 0 aliphatic carbocycles. The van der Waals surface area contributed by atoms with Crippen LogP contribution in [-0.2, 0) is 4.79 Å². The number of urea groups is 1. The van der Waals surface area contributed by atoms with Crippen LogP contribution in [0, 0.1) is 5.92 Å². The first-order chi connectivity index (χ1) is 7.94. The van der Waals surface area contributed by atoms with E-state index in [1.54, 1.807) is 0 Å². The number of aliphatic carboxylic acids is 1. The van der Waals surface area contributed by atoms with Gasteiger partial charge in [0, 0.05) is 13.1 Å². The summed E-state index contributed by atoms with van der Waals surface area (Å²) in [6, 6.07) is -0.250. The number of rotatable bonds is 4. The molecule has 5 nitrogen and oxygen atoms in total. The van der Waals surface area contributed by atoms with E-state index in [0.29, 0.717) is 31.8 Å². The van der Waals surface area contributed by atoms with E-state index in [9.17, 15) is 14.7 Å². The number of carbonyl (C=O) groups excluding carboxylic acids is 1. The molecule has 98 valence electrons. The number of nitrogens with one attached hydrogen (secondary N) is 1. The van der Waals surface area contributed by atoms with Gasteiger partial charge in [-0.15, -0.1) is 0 Å². The highest BCUT2D eigenvalue weighted by Crippen LogP contribution is 2.32. The molecule has 1 unspecified atom stereocenters. The quantitative estimate of drug-likeness (QED) is 0.788. The molecule has 0 bridgehead atoms. The van der Waals surface area contributed by atoms with Crippen molar-refractivity contribution in [1.82, 2.24) is 10.2 Å². The molecule has 1 saturated heterocycles. The summed E-state index contributed by atoms with van der Waals surface area (Å²) in [5.41, 5.74) is -0.999. The highest BCUT2D eigenvalue weighted by molar-refractivity contribution is 5.87. The molecule has 0 radical (unpaired) electrons. The number of nitrogens with zero attached hydrogens (tertiary/aromatic N) is 1. The van der Waals surface area contributed by atoms with Gasteiger partial charge in [-0.1, -0.05) is 20.8 Å². The topological polar surface area (TPSA) is 69.6 Å². The molecule has 0 spiro atoms. The molecule has 0 aromatic carbocycles. The van der Waals surface area contributed by atoms with Crippen molar-refractivity contribution < 1.29 is 14.7 Å². The second kappa shape index (κ2) is 5.38. The Morgan fingerprint density at radius 1 is 1.47 bits per heavy atom. The van der Waals surface area contributed by atoms with Crippen LogP contribution in [0.2, 0.25) is 0 Å². The molecule has 1 atom stereocenters. The maximum atomic E-state index is 12.0. The number of carbonyl (C=O) groups is 2. The predicted molar refractivity (Wildman–Crippen MR) is 64.8 cm³/mol. The SMILES string of the molecule is CCC1(C(=O)O)CCCN1C(=O)NCC(C)C. The van der Waals surface area contributed by atoms with Gasteiger partial charge in [0.25, 0.3) is 0 Å². The largest absolute Gasteiger partial charge is 0.479 e. The van der Waals surface area contributed by atoms with Crippen molar-refractivity contribution in [3.05, 3.63) is 0 Å². The normalized spacial score (nSPS) is 24.1. The van der Waals surface area contributed by atoms with Crippen LogP contribution < -0.4 is 5.32 Å². The van der Waals surface area contributed by atoms with Crippen LogP contribution in [0.3, 0.4) is 0 Å². The molecule has 0 aromatic rings. The van der Waals surface area contributed by atoms with E-state index in [-0.39, 0.29) is 6.03 Å². The second-order valence-corrected chi connectivity index (χ2v) is 5.03. The van der Waals surface area contributed by atoms with E-state index >= 15 is 0 Å². The Bertz CT molecular complexity index is 304. The minimum Gasteiger partial charge on any atom is -0.479 e. The fraction of sp³-hybridized carbons (Fsp3) is 0.833. The van der Waals surface area contributed by atoms with Gasteiger partial charge in [0.1, 0.15) is 5.54 Å². The summed E-state index contributed by atoms with van der Waals surface area (Å²) >= 11 is 0. The van der Waals surface area contributed by atoms with E-state index < -0.39 is 11.5 Å². The van der Waals surface area contributed by atoms with Gasteiger partial charge in [0.05, 0.1) is 0 Å². The molecule has 1 heterocycles. The first kappa shape index (κ1) is 13.8. The summed E-state index contributed by atoms with van der Waals surface area (Å²) in [5, 5.41) is 12.1. The van der Waals surface area contributed by atoms with Crippen LogP contribution in [0.1, 0.15) is 40.0 Å². The number of carboxylic acids is 1. The van der Waals surface area contributed by atoms with Gasteiger partial charge in [-0.2, -0.15) is 0 Å². The number of likely N-dealkylation sites (tertiary alicyclic amines) is 1. The van der Waals surface area contributed by atoms with Crippen LogP contribution in [-0.4, -0.2) is 40.6 Å². The first-order valence-corrected chi connectivity index (χ1v) is 6.23. The lowest BCUT2D eigenvalue weighted by molar-refractivity contribution is -0.148. The van der Waals surface area contributed by atoms with Crippen LogP contribution in [0.5, 0.6) is 0 Å². The molecule has 17 heavy (non-hydrogen) atoms. The van der Waals surface area contributed by atoms with Crippen molar-refractivity contribution >= 4 is 12.0 Å². The van der Waals surface area contributed by atoms with Crippen molar-refractivity contribution in [3.8, 4) is 0 Å². The monoisotopic (exact) mass is 242 g/mol. The molecule has 5 heteroatoms. The first-order valence-electron chi connectivity index (χ1n) is 6.23. The molecule has 1 rings (SSSR count). The van der Waals surface area contributed by atoms with Crippen molar-refractivity contribution in [1.29, 1.82) is 0 Å². The number of carboxylic acid groups (broad SMARTS) is 1. The Hall–Kier alpha value is -1.26. The van der Waals surface area contributed by atoms with Crippen molar-refractivity contribution in [2.45, 2.75) is 45.6 Å². The fourth-order valence-corrected chi connectivity index (χ4v) is 2.30. The summed E-state index contributed by atoms with van der Waals surface area (Å²) in [7, 11) is 0. The Balaban J connectivity index is 2.74. The lowest BCUT2D eigenvalue weighted by Gasteiger charge is -2.34. The van der Waals surface area contributed by atoms with Crippen LogP contribution in [0.25, 0.3) is 0 Å². The highest BCUT2D eigenvalue weighted by atomic mass is 16.4. The third-order valence-corrected chi connectivity index (χ3v) is 3.38. The average molecular weight is 242 g/mol. The smallest absolute Gasteiger partial charge is 0.329 e. The van der Waals surface area contributed by atoms with Crippen molar-refractivity contribution in [2.75, 3.05) is 13.1 Å². The lowest BCUT2D eigenvalue weighted by Crippen LogP contribution is -2.56. The van der Waals surface area contributed by atoms with Crippen molar-refractivity contribution in [3.63, 3.8) is 0 Å². The standard InChI is InChI=1S/C12H22N2O3/c1-4-12(10(15)16)6-5-7-14(12)11(17)13-8-9(2)3/h9H,4-8H2,1-3H3,(H,13,17)(H,15,16). The summed E-state index contributed by atoms with van der Waals surface area (Å²) < 4.78 is 0. The molecule has 1 aliphatic rings. The number of amides is 2. The predicted octanol–water partition coefficient (Wildman–Crippen LogP) is 1.68. The molecule has 1 aliphatic heterocycles. The van der Waals surface area contributed by atoms with Gasteiger partial charge >= 0.3 is 12.0 Å². The number of hydrogen-bond donors (Lipinski definition) is 2. The van der Waals surface area contributed by atoms with Gasteiger partial charge in [-0.05, 0) is 25.2 Å². The summed E-state index contributed by atoms with van der Waals surface area (Å²) in [4.78, 5) is 24.8. The maximum absolute atomic E-state index is 12.0. The lowest BCUT2D eigenvalue weighted by atomic mass is 9.93. The zero-order valence-electron chi connectivity index (χ0n) is 10.8. The zero-order valence-corrected chi connectivity index (χ0v) is 10.8. The molecular formula is C12H22N2O3. The molecule has 2 N–H and O–H groups in total. The minimum atomic E-state index is -0.999. The summed E-state index contributed by atoms with van der Waals surface area (Å²) in [6.45, 7) is 6.95. The van der Waals surface area contributed by atoms with Crippen LogP contribution in [0.4, 0.5) is 4.79 Å². The third kappa shape index (κ3) is 2.70. The van der Waals surface area contributed by atoms with Gasteiger partial charge in [-0.25, -0.2) is 9.59 Å². The van der Waals surface area contributed by atoms with Crippen molar-refractivity contribution in [2.24, 2.45) is 5.92 Å². The molecule has 0 aromatic heterocycles. The summed E-state index contributed by atoms with van der Waals surface area (Å²) in [5.74, 6) is -0.528. The van der Waals surface area contributed by atoms with Gasteiger partial charge < -0.3 is 15.3 Å². The van der Waals surface area contributed by atoms with Crippen LogP contribution in [0.15, 0.2) is 0 Å². The minimum absolute atomic E-state index is 0.250. The van der Waals surface area contributed by atoms with E-state index in [1.165, 1.54) is 4.90 Å². The average Bonchev–Trinajstić information content (AvgIpc) is 2.70. The van der Waals surface area contributed by atoms with E-state index in [4.69, 9.17) is 0 Å². The molecule has 2 amide bonds. The Kier molecular flexibility index (Phi) is 4.37. The molecule has 0 saturated carbocycles. The Morgan fingerprint density at radius 3 is 2.59 bits per heavy atom. The fourth-order valence-electron chi connectivity index (χ4n) is 2.30. The summed E-state index contributed by atoms with van der Waals surface area (Å²) in [6.07, 6.45) is 1.76. The maximum Gasteiger partial charge on any atom is 0.329 e. The Morgan fingerprint density at radius 2 is 2.12 bits per heavy atom. The number of hydrogen-bond acceptors (Lipinski definition) is 2. The second-order valence-electron chi connectivity index (χ2n) is 5.03. The third-order valence-electron chi connectivity index (χ3n) is 3.38. The van der Waals surface area contributed by atoms with Gasteiger partial charge in [0.2, 0.25) is 0 Å². The molecular weight excluding hydrogens is 220 g/mol. The van der Waals surface area contributed by atoms with E-state index in [0.717, 1.165) is 6.42 Å². The van der Waals surface area contributed by atoms with E-state index in [2.05, 4.69) is 5.32 Å². The van der Waals surface area contributed by atoms with Gasteiger partial charge in [-0.3, -0.25) is 0 Å². The van der Waals surface area contributed by atoms with E-state index in [1.807, 2.05) is 20.8 Å². The highest BCUT2D eigenvalue weighted by Gasteiger charge is 2.48.